The first kappa shape index (κ1) is 19.2. The highest BCUT2D eigenvalue weighted by atomic mass is 16.1. The fourth-order valence-corrected chi connectivity index (χ4v) is 2.73. The van der Waals surface area contributed by atoms with Crippen LogP contribution in [0.2, 0.25) is 0 Å². The molecule has 2 heterocycles. The van der Waals surface area contributed by atoms with Gasteiger partial charge in [-0.25, -0.2) is 4.98 Å². The molecule has 1 amide bonds. The van der Waals surface area contributed by atoms with Crippen molar-refractivity contribution in [2.24, 2.45) is 0 Å². The highest BCUT2D eigenvalue weighted by Gasteiger charge is 2.10. The summed E-state index contributed by atoms with van der Waals surface area (Å²) in [5, 5.41) is 2.80. The number of benzene rings is 1. The van der Waals surface area contributed by atoms with Crippen molar-refractivity contribution in [1.82, 2.24) is 9.97 Å². The number of amides is 1. The molecule has 0 spiro atoms. The zero-order chi connectivity index (χ0) is 19.9. The first-order chi connectivity index (χ1) is 13.5. The van der Waals surface area contributed by atoms with Gasteiger partial charge in [-0.05, 0) is 55.3 Å². The molecular formula is C22H22N4O2. The van der Waals surface area contributed by atoms with Crippen molar-refractivity contribution in [1.29, 1.82) is 0 Å². The second kappa shape index (κ2) is 8.90. The number of aromatic nitrogens is 2. The number of rotatable bonds is 7. The summed E-state index contributed by atoms with van der Waals surface area (Å²) < 4.78 is 0. The van der Waals surface area contributed by atoms with Crippen LogP contribution in [0.15, 0.2) is 67.1 Å². The van der Waals surface area contributed by atoms with Crippen molar-refractivity contribution < 1.29 is 9.59 Å². The summed E-state index contributed by atoms with van der Waals surface area (Å²) >= 11 is 0. The van der Waals surface area contributed by atoms with Crippen LogP contribution >= 0.6 is 0 Å². The van der Waals surface area contributed by atoms with E-state index < -0.39 is 0 Å². The van der Waals surface area contributed by atoms with Gasteiger partial charge in [-0.15, -0.1) is 0 Å². The van der Waals surface area contributed by atoms with Crippen LogP contribution in [0.1, 0.15) is 33.2 Å². The lowest BCUT2D eigenvalue weighted by atomic mass is 10.1. The standard InChI is InChI=1S/C22H22N4O2/c1-16(27)18-4-3-5-20(14-18)25-22(28)19-6-7-21(24-15-19)26(2)13-10-17-8-11-23-12-9-17/h3-9,11-12,14-15H,10,13H2,1-2H3,(H,25,28). The average Bonchev–Trinajstić information content (AvgIpc) is 2.73. The Labute approximate surface area is 164 Å². The number of anilines is 2. The van der Waals surface area contributed by atoms with E-state index in [1.807, 2.05) is 30.1 Å². The lowest BCUT2D eigenvalue weighted by molar-refractivity contribution is 0.101. The van der Waals surface area contributed by atoms with Crippen molar-refractivity contribution in [3.63, 3.8) is 0 Å². The zero-order valence-electron chi connectivity index (χ0n) is 15.9. The number of carbonyl (C=O) groups excluding carboxylic acids is 2. The van der Waals surface area contributed by atoms with Gasteiger partial charge in [-0.3, -0.25) is 14.6 Å². The Morgan fingerprint density at radius 2 is 1.82 bits per heavy atom. The summed E-state index contributed by atoms with van der Waals surface area (Å²) in [5.74, 6) is 0.486. The number of hydrogen-bond acceptors (Lipinski definition) is 5. The quantitative estimate of drug-likeness (QED) is 0.640. The van der Waals surface area contributed by atoms with Crippen LogP contribution in [0.5, 0.6) is 0 Å². The lowest BCUT2D eigenvalue weighted by Gasteiger charge is -2.18. The molecule has 0 saturated heterocycles. The molecule has 0 radical (unpaired) electrons. The maximum Gasteiger partial charge on any atom is 0.257 e. The summed E-state index contributed by atoms with van der Waals surface area (Å²) in [5.41, 5.74) is 2.81. The molecule has 6 nitrogen and oxygen atoms in total. The number of hydrogen-bond donors (Lipinski definition) is 1. The van der Waals surface area contributed by atoms with Gasteiger partial charge in [0.15, 0.2) is 5.78 Å². The largest absolute Gasteiger partial charge is 0.359 e. The summed E-state index contributed by atoms with van der Waals surface area (Å²) in [4.78, 5) is 34.4. The monoisotopic (exact) mass is 374 g/mol. The number of ketones is 1. The molecule has 0 bridgehead atoms. The van der Waals surface area contributed by atoms with E-state index in [1.54, 1.807) is 48.9 Å². The maximum atomic E-state index is 12.4. The number of pyridine rings is 2. The zero-order valence-corrected chi connectivity index (χ0v) is 15.9. The Morgan fingerprint density at radius 3 is 2.50 bits per heavy atom. The minimum Gasteiger partial charge on any atom is -0.359 e. The van der Waals surface area contributed by atoms with E-state index in [-0.39, 0.29) is 11.7 Å². The average molecular weight is 374 g/mol. The summed E-state index contributed by atoms with van der Waals surface area (Å²) in [6.45, 7) is 2.30. The van der Waals surface area contributed by atoms with Crippen molar-refractivity contribution in [2.75, 3.05) is 23.8 Å². The minimum absolute atomic E-state index is 0.0445. The van der Waals surface area contributed by atoms with Gasteiger partial charge < -0.3 is 10.2 Å². The Bertz CT molecular complexity index is 956. The SMILES string of the molecule is CC(=O)c1cccc(NC(=O)c2ccc(N(C)CCc3ccncc3)nc2)c1. The van der Waals surface area contributed by atoms with Crippen LogP contribution in [0, 0.1) is 0 Å². The third-order valence-electron chi connectivity index (χ3n) is 4.41. The molecular weight excluding hydrogens is 352 g/mol. The third kappa shape index (κ3) is 5.01. The lowest BCUT2D eigenvalue weighted by Crippen LogP contribution is -2.21. The molecule has 0 atom stereocenters. The van der Waals surface area contributed by atoms with Crippen LogP contribution in [-0.2, 0) is 6.42 Å². The molecule has 1 aromatic carbocycles. The van der Waals surface area contributed by atoms with E-state index in [4.69, 9.17) is 0 Å². The second-order valence-electron chi connectivity index (χ2n) is 6.52. The van der Waals surface area contributed by atoms with E-state index in [2.05, 4.69) is 15.3 Å². The van der Waals surface area contributed by atoms with Gasteiger partial charge in [-0.1, -0.05) is 12.1 Å². The van der Waals surface area contributed by atoms with Gasteiger partial charge in [-0.2, -0.15) is 0 Å². The molecule has 0 fully saturated rings. The normalized spacial score (nSPS) is 10.4. The van der Waals surface area contributed by atoms with Crippen LogP contribution in [-0.4, -0.2) is 35.3 Å². The Kier molecular flexibility index (Phi) is 6.11. The van der Waals surface area contributed by atoms with E-state index in [1.165, 1.54) is 12.5 Å². The Balaban J connectivity index is 1.60. The predicted molar refractivity (Wildman–Crippen MR) is 110 cm³/mol. The topological polar surface area (TPSA) is 75.2 Å². The number of Topliss-reactive ketones (excluding diaryl/α,β-unsaturated/α-hetero) is 1. The Hall–Kier alpha value is -3.54. The van der Waals surface area contributed by atoms with Gasteiger partial charge in [0.2, 0.25) is 0 Å². The highest BCUT2D eigenvalue weighted by Crippen LogP contribution is 2.15. The fourth-order valence-electron chi connectivity index (χ4n) is 2.73. The number of nitrogens with zero attached hydrogens (tertiary/aromatic N) is 3. The molecule has 2 aromatic heterocycles. The minimum atomic E-state index is -0.265. The van der Waals surface area contributed by atoms with Gasteiger partial charge >= 0.3 is 0 Å². The number of likely N-dealkylation sites (N-methyl/N-ethyl adjacent to an activating group) is 1. The molecule has 28 heavy (non-hydrogen) atoms. The van der Waals surface area contributed by atoms with Crippen molar-refractivity contribution in [3.8, 4) is 0 Å². The summed E-state index contributed by atoms with van der Waals surface area (Å²) in [6, 6.07) is 14.4. The van der Waals surface area contributed by atoms with E-state index >= 15 is 0 Å². The van der Waals surface area contributed by atoms with Crippen molar-refractivity contribution in [2.45, 2.75) is 13.3 Å². The summed E-state index contributed by atoms with van der Waals surface area (Å²) in [7, 11) is 1.97. The highest BCUT2D eigenvalue weighted by molar-refractivity contribution is 6.05. The molecule has 3 rings (SSSR count). The van der Waals surface area contributed by atoms with Crippen LogP contribution in [0.25, 0.3) is 0 Å². The van der Waals surface area contributed by atoms with Crippen LogP contribution < -0.4 is 10.2 Å². The van der Waals surface area contributed by atoms with Gasteiger partial charge in [0, 0.05) is 43.4 Å². The third-order valence-corrected chi connectivity index (χ3v) is 4.41. The molecule has 1 N–H and O–H groups in total. The fraction of sp³-hybridized carbons (Fsp3) is 0.182. The second-order valence-corrected chi connectivity index (χ2v) is 6.52. The molecule has 0 aliphatic rings. The van der Waals surface area contributed by atoms with Crippen molar-refractivity contribution >= 4 is 23.2 Å². The smallest absolute Gasteiger partial charge is 0.257 e. The van der Waals surface area contributed by atoms with E-state index in [9.17, 15) is 9.59 Å². The molecule has 0 saturated carbocycles. The molecule has 0 unspecified atom stereocenters. The van der Waals surface area contributed by atoms with Gasteiger partial charge in [0.05, 0.1) is 5.56 Å². The van der Waals surface area contributed by atoms with Crippen LogP contribution in [0.3, 0.4) is 0 Å². The van der Waals surface area contributed by atoms with Crippen molar-refractivity contribution in [3.05, 3.63) is 83.8 Å². The molecule has 142 valence electrons. The first-order valence-corrected chi connectivity index (χ1v) is 9.01. The molecule has 6 heteroatoms. The Morgan fingerprint density at radius 1 is 1.04 bits per heavy atom. The predicted octanol–water partition coefficient (Wildman–Crippen LogP) is 3.61. The van der Waals surface area contributed by atoms with E-state index in [0.717, 1.165) is 18.8 Å². The van der Waals surface area contributed by atoms with E-state index in [0.29, 0.717) is 16.8 Å². The summed E-state index contributed by atoms with van der Waals surface area (Å²) in [6.07, 6.45) is 6.01. The maximum absolute atomic E-state index is 12.4. The van der Waals surface area contributed by atoms with Gasteiger partial charge in [0.25, 0.3) is 5.91 Å². The van der Waals surface area contributed by atoms with Gasteiger partial charge in [0.1, 0.15) is 5.82 Å². The molecule has 0 aliphatic heterocycles. The molecule has 3 aromatic rings. The number of carbonyl (C=O) groups is 2. The number of nitrogens with one attached hydrogen (secondary N) is 1. The first-order valence-electron chi connectivity index (χ1n) is 9.01. The van der Waals surface area contributed by atoms with Crippen LogP contribution in [0.4, 0.5) is 11.5 Å². The molecule has 0 aliphatic carbocycles.